The van der Waals surface area contributed by atoms with Gasteiger partial charge in [-0.1, -0.05) is 50.2 Å². The summed E-state index contributed by atoms with van der Waals surface area (Å²) in [6.07, 6.45) is 1.77. The van der Waals surface area contributed by atoms with Crippen molar-refractivity contribution in [1.82, 2.24) is 5.48 Å². The van der Waals surface area contributed by atoms with E-state index in [1.54, 1.807) is 0 Å². The highest BCUT2D eigenvalue weighted by Crippen LogP contribution is 2.32. The van der Waals surface area contributed by atoms with E-state index < -0.39 is 0 Å². The molecule has 0 aromatic heterocycles. The van der Waals surface area contributed by atoms with Crippen molar-refractivity contribution < 1.29 is 14.3 Å². The first-order chi connectivity index (χ1) is 12.1. The lowest BCUT2D eigenvalue weighted by Gasteiger charge is -2.26. The smallest absolute Gasteiger partial charge is 0.147 e. The number of hydroxylamine groups is 1. The minimum absolute atomic E-state index is 0.0532. The standard InChI is InChI=1S/C21H25NO3/c1-21(2,16-5-3-15(4-6-16)11-19-13-23-19)17-7-9-18(10-8-17)25-22-12-20-14-24-20/h3-10,19-20,22H,11-14H2,1-2H3. The van der Waals surface area contributed by atoms with Crippen LogP contribution in [0.4, 0.5) is 0 Å². The lowest BCUT2D eigenvalue weighted by Crippen LogP contribution is -2.23. The quantitative estimate of drug-likeness (QED) is 0.592. The van der Waals surface area contributed by atoms with Crippen LogP contribution in [0.15, 0.2) is 48.5 Å². The van der Waals surface area contributed by atoms with E-state index in [1.165, 1.54) is 16.7 Å². The molecule has 2 aliphatic rings. The van der Waals surface area contributed by atoms with E-state index in [9.17, 15) is 0 Å². The average molecular weight is 339 g/mol. The molecule has 2 aromatic rings. The minimum Gasteiger partial charge on any atom is -0.409 e. The van der Waals surface area contributed by atoms with E-state index in [-0.39, 0.29) is 5.41 Å². The van der Waals surface area contributed by atoms with Gasteiger partial charge in [0.1, 0.15) is 5.75 Å². The molecule has 132 valence electrons. The first-order valence-electron chi connectivity index (χ1n) is 8.94. The van der Waals surface area contributed by atoms with E-state index in [0.29, 0.717) is 12.2 Å². The molecule has 0 saturated carbocycles. The number of rotatable bonds is 8. The maximum Gasteiger partial charge on any atom is 0.147 e. The van der Waals surface area contributed by atoms with Gasteiger partial charge in [0.05, 0.1) is 32.0 Å². The van der Waals surface area contributed by atoms with Gasteiger partial charge in [-0.05, 0) is 28.8 Å². The number of hydrogen-bond acceptors (Lipinski definition) is 4. The Morgan fingerprint density at radius 2 is 1.48 bits per heavy atom. The molecule has 2 unspecified atom stereocenters. The third kappa shape index (κ3) is 4.21. The van der Waals surface area contributed by atoms with Crippen molar-refractivity contribution in [3.63, 3.8) is 0 Å². The second-order valence-corrected chi connectivity index (χ2v) is 7.41. The molecule has 2 aliphatic heterocycles. The number of epoxide rings is 2. The van der Waals surface area contributed by atoms with Crippen LogP contribution in [0.25, 0.3) is 0 Å². The van der Waals surface area contributed by atoms with Crippen molar-refractivity contribution in [3.05, 3.63) is 65.2 Å². The summed E-state index contributed by atoms with van der Waals surface area (Å²) in [5.41, 5.74) is 6.81. The molecule has 4 rings (SSSR count). The van der Waals surface area contributed by atoms with Crippen LogP contribution in [-0.2, 0) is 21.3 Å². The van der Waals surface area contributed by atoms with Crippen LogP contribution < -0.4 is 10.3 Å². The fraction of sp³-hybridized carbons (Fsp3) is 0.429. The van der Waals surface area contributed by atoms with Gasteiger partial charge in [-0.15, -0.1) is 0 Å². The normalized spacial score (nSPS) is 21.8. The number of hydrogen-bond donors (Lipinski definition) is 1. The highest BCUT2D eigenvalue weighted by Gasteiger charge is 2.25. The summed E-state index contributed by atoms with van der Waals surface area (Å²) in [5.74, 6) is 0.819. The lowest BCUT2D eigenvalue weighted by molar-refractivity contribution is 0.184. The topological polar surface area (TPSA) is 46.3 Å². The second kappa shape index (κ2) is 6.79. The fourth-order valence-corrected chi connectivity index (χ4v) is 3.02. The van der Waals surface area contributed by atoms with Gasteiger partial charge in [0.2, 0.25) is 0 Å². The molecular formula is C21H25NO3. The van der Waals surface area contributed by atoms with Gasteiger partial charge in [0.25, 0.3) is 0 Å². The third-order valence-electron chi connectivity index (χ3n) is 5.02. The van der Waals surface area contributed by atoms with Crippen LogP contribution in [0.2, 0.25) is 0 Å². The Labute approximate surface area is 149 Å². The van der Waals surface area contributed by atoms with Crippen molar-refractivity contribution in [3.8, 4) is 5.75 Å². The molecule has 0 radical (unpaired) electrons. The summed E-state index contributed by atoms with van der Waals surface area (Å²) < 4.78 is 10.5. The maximum absolute atomic E-state index is 5.55. The van der Waals surface area contributed by atoms with Crippen LogP contribution in [0, 0.1) is 0 Å². The van der Waals surface area contributed by atoms with Gasteiger partial charge < -0.3 is 14.3 Å². The molecule has 0 bridgehead atoms. The van der Waals surface area contributed by atoms with Crippen molar-refractivity contribution in [2.45, 2.75) is 37.9 Å². The first-order valence-corrected chi connectivity index (χ1v) is 8.94. The van der Waals surface area contributed by atoms with Gasteiger partial charge in [0, 0.05) is 11.8 Å². The zero-order chi connectivity index (χ0) is 17.3. The molecule has 1 N–H and O–H groups in total. The monoisotopic (exact) mass is 339 g/mol. The fourth-order valence-electron chi connectivity index (χ4n) is 3.02. The zero-order valence-corrected chi connectivity index (χ0v) is 14.8. The maximum atomic E-state index is 5.55. The molecule has 2 fully saturated rings. The van der Waals surface area contributed by atoms with Crippen LogP contribution >= 0.6 is 0 Å². The van der Waals surface area contributed by atoms with Crippen molar-refractivity contribution >= 4 is 0 Å². The molecule has 2 heterocycles. The Balaban J connectivity index is 1.40. The summed E-state index contributed by atoms with van der Waals surface area (Å²) in [6.45, 7) is 6.97. The third-order valence-corrected chi connectivity index (χ3v) is 5.02. The predicted molar refractivity (Wildman–Crippen MR) is 96.8 cm³/mol. The Hall–Kier alpha value is -1.88. The largest absolute Gasteiger partial charge is 0.409 e. The highest BCUT2D eigenvalue weighted by atomic mass is 16.7. The summed E-state index contributed by atoms with van der Waals surface area (Å²) >= 11 is 0. The molecule has 4 heteroatoms. The predicted octanol–water partition coefficient (Wildman–Crippen LogP) is 3.24. The number of benzene rings is 2. The highest BCUT2D eigenvalue weighted by molar-refractivity contribution is 5.41. The van der Waals surface area contributed by atoms with Crippen LogP contribution in [0.1, 0.15) is 30.5 Å². The van der Waals surface area contributed by atoms with E-state index >= 15 is 0 Å². The first kappa shape index (κ1) is 16.6. The van der Waals surface area contributed by atoms with Gasteiger partial charge in [-0.25, -0.2) is 0 Å². The lowest BCUT2D eigenvalue weighted by atomic mass is 9.78. The molecular weight excluding hydrogens is 314 g/mol. The number of nitrogens with one attached hydrogen (secondary N) is 1. The Bertz CT molecular complexity index is 701. The van der Waals surface area contributed by atoms with Crippen LogP contribution in [0.3, 0.4) is 0 Å². The molecule has 0 spiro atoms. The zero-order valence-electron chi connectivity index (χ0n) is 14.8. The Kier molecular flexibility index (Phi) is 4.50. The molecule has 2 saturated heterocycles. The van der Waals surface area contributed by atoms with Crippen molar-refractivity contribution in [2.75, 3.05) is 19.8 Å². The average Bonchev–Trinajstić information content (AvgIpc) is 3.52. The molecule has 2 aromatic carbocycles. The van der Waals surface area contributed by atoms with Crippen molar-refractivity contribution in [1.29, 1.82) is 0 Å². The minimum atomic E-state index is -0.0532. The molecule has 2 atom stereocenters. The van der Waals surface area contributed by atoms with Crippen LogP contribution in [-0.4, -0.2) is 32.0 Å². The molecule has 0 amide bonds. The summed E-state index contributed by atoms with van der Waals surface area (Å²) in [7, 11) is 0. The molecule has 4 nitrogen and oxygen atoms in total. The Morgan fingerprint density at radius 3 is 2.04 bits per heavy atom. The summed E-state index contributed by atoms with van der Waals surface area (Å²) in [6, 6.07) is 17.2. The van der Waals surface area contributed by atoms with E-state index in [0.717, 1.165) is 31.9 Å². The number of ether oxygens (including phenoxy) is 2. The van der Waals surface area contributed by atoms with Gasteiger partial charge in [-0.2, -0.15) is 5.48 Å². The summed E-state index contributed by atoms with van der Waals surface area (Å²) in [4.78, 5) is 5.55. The van der Waals surface area contributed by atoms with Crippen molar-refractivity contribution in [2.24, 2.45) is 0 Å². The molecule has 0 aliphatic carbocycles. The van der Waals surface area contributed by atoms with E-state index in [1.807, 2.05) is 12.1 Å². The molecule has 25 heavy (non-hydrogen) atoms. The van der Waals surface area contributed by atoms with Gasteiger partial charge in [-0.3, -0.25) is 0 Å². The Morgan fingerprint density at radius 1 is 0.920 bits per heavy atom. The van der Waals surface area contributed by atoms with E-state index in [2.05, 4.69) is 55.7 Å². The summed E-state index contributed by atoms with van der Waals surface area (Å²) in [5, 5.41) is 0. The van der Waals surface area contributed by atoms with Gasteiger partial charge in [0.15, 0.2) is 0 Å². The van der Waals surface area contributed by atoms with Crippen LogP contribution in [0.5, 0.6) is 5.75 Å². The second-order valence-electron chi connectivity index (χ2n) is 7.41. The van der Waals surface area contributed by atoms with E-state index in [4.69, 9.17) is 14.3 Å². The van der Waals surface area contributed by atoms with Gasteiger partial charge >= 0.3 is 0 Å². The SMILES string of the molecule is CC(C)(c1ccc(CC2CO2)cc1)c1ccc(ONCC2CO2)cc1.